The van der Waals surface area contributed by atoms with Gasteiger partial charge in [0.05, 0.1) is 20.3 Å². The van der Waals surface area contributed by atoms with Crippen molar-refractivity contribution in [3.63, 3.8) is 0 Å². The van der Waals surface area contributed by atoms with Crippen molar-refractivity contribution in [1.29, 1.82) is 0 Å². The second-order valence-electron chi connectivity index (χ2n) is 4.99. The maximum atomic E-state index is 12.2. The predicted molar refractivity (Wildman–Crippen MR) is 62.9 cm³/mol. The molecule has 1 heterocycles. The van der Waals surface area contributed by atoms with Crippen molar-refractivity contribution < 1.29 is 23.8 Å². The third kappa shape index (κ3) is 2.06. The molecule has 0 aromatic rings. The Morgan fingerprint density at radius 3 is 2.44 bits per heavy atom. The smallest absolute Gasteiger partial charge is 0.319 e. The molecular formula is C13H20O5. The van der Waals surface area contributed by atoms with Crippen LogP contribution in [0.5, 0.6) is 0 Å². The number of carbonyl (C=O) groups excluding carboxylic acids is 2. The van der Waals surface area contributed by atoms with Gasteiger partial charge in [-0.1, -0.05) is 6.92 Å². The molecule has 1 aliphatic heterocycles. The van der Waals surface area contributed by atoms with E-state index in [4.69, 9.17) is 14.2 Å². The molecule has 1 atom stereocenters. The van der Waals surface area contributed by atoms with Crippen LogP contribution in [0.25, 0.3) is 0 Å². The van der Waals surface area contributed by atoms with E-state index < -0.39 is 17.2 Å². The van der Waals surface area contributed by atoms with Gasteiger partial charge in [0.2, 0.25) is 0 Å². The van der Waals surface area contributed by atoms with Crippen molar-refractivity contribution in [2.45, 2.75) is 44.8 Å². The van der Waals surface area contributed by atoms with E-state index in [1.54, 1.807) is 6.92 Å². The van der Waals surface area contributed by atoms with E-state index in [2.05, 4.69) is 0 Å². The minimum absolute atomic E-state index is 0.0764. The molecule has 0 amide bonds. The summed E-state index contributed by atoms with van der Waals surface area (Å²) in [5.41, 5.74) is -1.08. The van der Waals surface area contributed by atoms with Crippen molar-refractivity contribution in [3.8, 4) is 0 Å². The first kappa shape index (κ1) is 13.5. The molecule has 2 rings (SSSR count). The summed E-state index contributed by atoms with van der Waals surface area (Å²) in [6.07, 6.45) is 2.62. The Morgan fingerprint density at radius 2 is 1.89 bits per heavy atom. The number of Topliss-reactive ketones (excluding diaryl/α,β-unsaturated/α-hetero) is 1. The fourth-order valence-electron chi connectivity index (χ4n) is 3.10. The van der Waals surface area contributed by atoms with Gasteiger partial charge in [-0.05, 0) is 12.8 Å². The van der Waals surface area contributed by atoms with E-state index in [0.29, 0.717) is 32.5 Å². The van der Waals surface area contributed by atoms with Crippen LogP contribution < -0.4 is 0 Å². The SMILES string of the molecule is CCC(=O)C1(C(=O)OC)CCCC2(C1)OCCO2. The van der Waals surface area contributed by atoms with Crippen LogP contribution in [0.2, 0.25) is 0 Å². The lowest BCUT2D eigenvalue weighted by molar-refractivity contribution is -0.210. The van der Waals surface area contributed by atoms with Gasteiger partial charge in [-0.25, -0.2) is 0 Å². The monoisotopic (exact) mass is 256 g/mol. The number of esters is 1. The number of ketones is 1. The molecule has 0 aromatic carbocycles. The van der Waals surface area contributed by atoms with Crippen LogP contribution in [0.15, 0.2) is 0 Å². The fourth-order valence-corrected chi connectivity index (χ4v) is 3.10. The third-order valence-electron chi connectivity index (χ3n) is 3.98. The molecule has 5 nitrogen and oxygen atoms in total. The summed E-state index contributed by atoms with van der Waals surface area (Å²) < 4.78 is 16.1. The zero-order valence-electron chi connectivity index (χ0n) is 11.0. The molecule has 102 valence electrons. The molecule has 1 aliphatic carbocycles. The predicted octanol–water partition coefficient (Wildman–Crippen LogP) is 1.44. The lowest BCUT2D eigenvalue weighted by Crippen LogP contribution is -2.50. The van der Waals surface area contributed by atoms with Crippen LogP contribution >= 0.6 is 0 Å². The van der Waals surface area contributed by atoms with Crippen molar-refractivity contribution in [3.05, 3.63) is 0 Å². The van der Waals surface area contributed by atoms with Crippen molar-refractivity contribution in [1.82, 2.24) is 0 Å². The number of carbonyl (C=O) groups is 2. The number of hydrogen-bond donors (Lipinski definition) is 0. The quantitative estimate of drug-likeness (QED) is 0.565. The summed E-state index contributed by atoms with van der Waals surface area (Å²) >= 11 is 0. The second kappa shape index (κ2) is 4.97. The summed E-state index contributed by atoms with van der Waals surface area (Å²) in [4.78, 5) is 24.3. The average Bonchev–Trinajstić information content (AvgIpc) is 2.84. The summed E-state index contributed by atoms with van der Waals surface area (Å²) in [5, 5.41) is 0. The number of rotatable bonds is 3. The largest absolute Gasteiger partial charge is 0.468 e. The maximum Gasteiger partial charge on any atom is 0.319 e. The molecule has 1 saturated carbocycles. The van der Waals surface area contributed by atoms with Crippen LogP contribution in [-0.4, -0.2) is 37.9 Å². The Kier molecular flexibility index (Phi) is 3.73. The van der Waals surface area contributed by atoms with E-state index in [1.165, 1.54) is 7.11 Å². The maximum absolute atomic E-state index is 12.2. The van der Waals surface area contributed by atoms with E-state index in [-0.39, 0.29) is 5.78 Å². The molecule has 1 unspecified atom stereocenters. The first-order valence-electron chi connectivity index (χ1n) is 6.48. The molecule has 1 saturated heterocycles. The van der Waals surface area contributed by atoms with Crippen LogP contribution in [0.4, 0.5) is 0 Å². The van der Waals surface area contributed by atoms with Crippen LogP contribution in [0.3, 0.4) is 0 Å². The van der Waals surface area contributed by atoms with Gasteiger partial charge >= 0.3 is 5.97 Å². The van der Waals surface area contributed by atoms with Crippen molar-refractivity contribution in [2.75, 3.05) is 20.3 Å². The Labute approximate surface area is 107 Å². The van der Waals surface area contributed by atoms with Gasteiger partial charge in [0.15, 0.2) is 5.79 Å². The number of ether oxygens (including phenoxy) is 3. The molecule has 18 heavy (non-hydrogen) atoms. The molecule has 0 aromatic heterocycles. The molecule has 1 spiro atoms. The lowest BCUT2D eigenvalue weighted by atomic mass is 9.68. The average molecular weight is 256 g/mol. The number of methoxy groups -OCH3 is 1. The lowest BCUT2D eigenvalue weighted by Gasteiger charge is -2.41. The first-order chi connectivity index (χ1) is 8.58. The van der Waals surface area contributed by atoms with Gasteiger partial charge in [0.25, 0.3) is 0 Å². The zero-order valence-corrected chi connectivity index (χ0v) is 11.0. The summed E-state index contributed by atoms with van der Waals surface area (Å²) in [7, 11) is 1.32. The molecule has 0 N–H and O–H groups in total. The standard InChI is InChI=1S/C13H20O5/c1-3-10(14)12(11(15)16-2)5-4-6-13(9-12)17-7-8-18-13/h3-9H2,1-2H3. The molecule has 2 fully saturated rings. The van der Waals surface area contributed by atoms with Gasteiger partial charge < -0.3 is 14.2 Å². The van der Waals surface area contributed by atoms with Crippen LogP contribution in [0, 0.1) is 5.41 Å². The molecule has 2 aliphatic rings. The van der Waals surface area contributed by atoms with Gasteiger partial charge in [-0.15, -0.1) is 0 Å². The van der Waals surface area contributed by atoms with Crippen molar-refractivity contribution in [2.24, 2.45) is 5.41 Å². The Hall–Kier alpha value is -0.940. The Bertz CT molecular complexity index is 327. The zero-order chi connectivity index (χ0) is 13.2. The highest BCUT2D eigenvalue weighted by Crippen LogP contribution is 2.47. The van der Waals surface area contributed by atoms with E-state index >= 15 is 0 Å². The Balaban J connectivity index is 2.29. The highest BCUT2D eigenvalue weighted by molar-refractivity contribution is 6.03. The number of hydrogen-bond acceptors (Lipinski definition) is 5. The molecule has 0 radical (unpaired) electrons. The van der Waals surface area contributed by atoms with Gasteiger partial charge in [0, 0.05) is 19.3 Å². The Morgan fingerprint density at radius 1 is 1.22 bits per heavy atom. The highest BCUT2D eigenvalue weighted by atomic mass is 16.7. The second-order valence-corrected chi connectivity index (χ2v) is 4.99. The summed E-state index contributed by atoms with van der Waals surface area (Å²) in [6, 6.07) is 0. The topological polar surface area (TPSA) is 61.8 Å². The minimum atomic E-state index is -1.08. The van der Waals surface area contributed by atoms with E-state index in [0.717, 1.165) is 12.8 Å². The van der Waals surface area contributed by atoms with Gasteiger partial charge in [-0.3, -0.25) is 9.59 Å². The highest BCUT2D eigenvalue weighted by Gasteiger charge is 2.56. The third-order valence-corrected chi connectivity index (χ3v) is 3.98. The summed E-state index contributed by atoms with van der Waals surface area (Å²) in [5.74, 6) is -1.28. The van der Waals surface area contributed by atoms with E-state index in [9.17, 15) is 9.59 Å². The van der Waals surface area contributed by atoms with Gasteiger partial charge in [0.1, 0.15) is 11.2 Å². The van der Waals surface area contributed by atoms with Crippen molar-refractivity contribution >= 4 is 11.8 Å². The fraction of sp³-hybridized carbons (Fsp3) is 0.846. The molecular weight excluding hydrogens is 236 g/mol. The van der Waals surface area contributed by atoms with Crippen LogP contribution in [-0.2, 0) is 23.8 Å². The van der Waals surface area contributed by atoms with Gasteiger partial charge in [-0.2, -0.15) is 0 Å². The molecule has 0 bridgehead atoms. The van der Waals surface area contributed by atoms with E-state index in [1.807, 2.05) is 0 Å². The molecule has 5 heteroatoms. The minimum Gasteiger partial charge on any atom is -0.468 e. The van der Waals surface area contributed by atoms with Crippen LogP contribution in [0.1, 0.15) is 39.0 Å². The first-order valence-corrected chi connectivity index (χ1v) is 6.48. The summed E-state index contributed by atoms with van der Waals surface area (Å²) in [6.45, 7) is 2.82. The normalized spacial score (nSPS) is 30.3.